The maximum Gasteiger partial charge on any atom is 0.328 e. The smallest absolute Gasteiger partial charge is 0.328 e. The van der Waals surface area contributed by atoms with Gasteiger partial charge in [0, 0.05) is 6.54 Å². The van der Waals surface area contributed by atoms with E-state index >= 15 is 0 Å². The SMILES string of the molecule is C=CC(=O)N1CC(C)(C)CC1C(=O)OC. The normalized spacial score (nSPS) is 23.7. The molecule has 0 bridgehead atoms. The zero-order chi connectivity index (χ0) is 11.6. The van der Waals surface area contributed by atoms with E-state index in [0.717, 1.165) is 0 Å². The van der Waals surface area contributed by atoms with Crippen molar-refractivity contribution in [3.05, 3.63) is 12.7 Å². The maximum absolute atomic E-state index is 11.5. The van der Waals surface area contributed by atoms with E-state index in [9.17, 15) is 9.59 Å². The van der Waals surface area contributed by atoms with E-state index in [0.29, 0.717) is 13.0 Å². The second kappa shape index (κ2) is 4.04. The highest BCUT2D eigenvalue weighted by atomic mass is 16.5. The fourth-order valence-electron chi connectivity index (χ4n) is 1.96. The van der Waals surface area contributed by atoms with Gasteiger partial charge in [-0.05, 0) is 17.9 Å². The quantitative estimate of drug-likeness (QED) is 0.505. The number of amides is 1. The van der Waals surface area contributed by atoms with Gasteiger partial charge in [-0.1, -0.05) is 20.4 Å². The van der Waals surface area contributed by atoms with Gasteiger partial charge in [0.1, 0.15) is 6.04 Å². The first kappa shape index (κ1) is 11.8. The summed E-state index contributed by atoms with van der Waals surface area (Å²) in [5.41, 5.74) is -0.0441. The number of methoxy groups -OCH3 is 1. The Morgan fingerprint density at radius 3 is 2.60 bits per heavy atom. The van der Waals surface area contributed by atoms with E-state index in [1.807, 2.05) is 13.8 Å². The minimum atomic E-state index is -0.463. The lowest BCUT2D eigenvalue weighted by Gasteiger charge is -2.21. The van der Waals surface area contributed by atoms with Crippen LogP contribution < -0.4 is 0 Å². The Morgan fingerprint density at radius 1 is 1.53 bits per heavy atom. The molecule has 1 amide bonds. The van der Waals surface area contributed by atoms with Crippen LogP contribution in [0.5, 0.6) is 0 Å². The van der Waals surface area contributed by atoms with Gasteiger partial charge in [0.25, 0.3) is 0 Å². The molecule has 0 aromatic rings. The average Bonchev–Trinajstić information content (AvgIpc) is 2.52. The molecule has 4 heteroatoms. The van der Waals surface area contributed by atoms with Crippen LogP contribution in [0.1, 0.15) is 20.3 Å². The molecule has 0 aromatic heterocycles. The molecule has 1 aliphatic heterocycles. The summed E-state index contributed by atoms with van der Waals surface area (Å²) in [6.07, 6.45) is 1.87. The number of carbonyl (C=O) groups excluding carboxylic acids is 2. The molecule has 15 heavy (non-hydrogen) atoms. The predicted molar refractivity (Wildman–Crippen MR) is 56.1 cm³/mol. The summed E-state index contributed by atoms with van der Waals surface area (Å²) in [7, 11) is 1.34. The van der Waals surface area contributed by atoms with Crippen molar-refractivity contribution in [3.8, 4) is 0 Å². The Bertz CT molecular complexity index is 296. The maximum atomic E-state index is 11.5. The van der Waals surface area contributed by atoms with Crippen LogP contribution in [-0.4, -0.2) is 36.5 Å². The monoisotopic (exact) mass is 211 g/mol. The Kier molecular flexibility index (Phi) is 3.17. The van der Waals surface area contributed by atoms with Crippen LogP contribution >= 0.6 is 0 Å². The van der Waals surface area contributed by atoms with Gasteiger partial charge in [0.05, 0.1) is 7.11 Å². The third-order valence-corrected chi connectivity index (χ3v) is 2.65. The Hall–Kier alpha value is -1.32. The molecule has 0 aliphatic carbocycles. The van der Waals surface area contributed by atoms with Crippen LogP contribution in [0.2, 0.25) is 0 Å². The molecule has 1 saturated heterocycles. The van der Waals surface area contributed by atoms with Gasteiger partial charge < -0.3 is 9.64 Å². The summed E-state index contributed by atoms with van der Waals surface area (Å²) in [5, 5.41) is 0. The molecule has 1 fully saturated rings. The highest BCUT2D eigenvalue weighted by Gasteiger charge is 2.43. The number of esters is 1. The van der Waals surface area contributed by atoms with Crippen molar-refractivity contribution in [2.75, 3.05) is 13.7 Å². The van der Waals surface area contributed by atoms with Crippen molar-refractivity contribution in [1.29, 1.82) is 0 Å². The third-order valence-electron chi connectivity index (χ3n) is 2.65. The minimum Gasteiger partial charge on any atom is -0.467 e. The van der Waals surface area contributed by atoms with Gasteiger partial charge in [0.2, 0.25) is 5.91 Å². The lowest BCUT2D eigenvalue weighted by Crippen LogP contribution is -2.40. The molecule has 1 rings (SSSR count). The first-order valence-corrected chi connectivity index (χ1v) is 4.92. The summed E-state index contributed by atoms with van der Waals surface area (Å²) in [6.45, 7) is 8.05. The fourth-order valence-corrected chi connectivity index (χ4v) is 1.96. The van der Waals surface area contributed by atoms with Crippen molar-refractivity contribution >= 4 is 11.9 Å². The second-order valence-electron chi connectivity index (χ2n) is 4.58. The van der Waals surface area contributed by atoms with Crippen molar-refractivity contribution in [2.24, 2.45) is 5.41 Å². The van der Waals surface area contributed by atoms with Crippen molar-refractivity contribution < 1.29 is 14.3 Å². The van der Waals surface area contributed by atoms with E-state index in [-0.39, 0.29) is 17.3 Å². The zero-order valence-electron chi connectivity index (χ0n) is 9.45. The molecule has 1 heterocycles. The molecule has 1 unspecified atom stereocenters. The third kappa shape index (κ3) is 2.37. The Balaban J connectivity index is 2.88. The van der Waals surface area contributed by atoms with Gasteiger partial charge in [-0.15, -0.1) is 0 Å². The fraction of sp³-hybridized carbons (Fsp3) is 0.636. The predicted octanol–water partition coefficient (Wildman–Crippen LogP) is 0.972. The number of nitrogens with zero attached hydrogens (tertiary/aromatic N) is 1. The summed E-state index contributed by atoms with van der Waals surface area (Å²) in [5.74, 6) is -0.563. The minimum absolute atomic E-state index is 0.0441. The molecule has 0 spiro atoms. The van der Waals surface area contributed by atoms with Crippen molar-refractivity contribution in [2.45, 2.75) is 26.3 Å². The number of hydrogen-bond donors (Lipinski definition) is 0. The van der Waals surface area contributed by atoms with Gasteiger partial charge in [-0.25, -0.2) is 4.79 Å². The second-order valence-corrected chi connectivity index (χ2v) is 4.58. The summed E-state index contributed by atoms with van der Waals surface area (Å²) >= 11 is 0. The van der Waals surface area contributed by atoms with Crippen LogP contribution in [-0.2, 0) is 14.3 Å². The average molecular weight is 211 g/mol. The number of hydrogen-bond acceptors (Lipinski definition) is 3. The molecule has 1 aliphatic rings. The molecule has 4 nitrogen and oxygen atoms in total. The van der Waals surface area contributed by atoms with Crippen LogP contribution in [0.4, 0.5) is 0 Å². The molecule has 0 N–H and O–H groups in total. The molecule has 0 saturated carbocycles. The number of rotatable bonds is 2. The Morgan fingerprint density at radius 2 is 2.13 bits per heavy atom. The standard InChI is InChI=1S/C11H17NO3/c1-5-9(13)12-7-11(2,3)6-8(12)10(14)15-4/h5,8H,1,6-7H2,2-4H3. The largest absolute Gasteiger partial charge is 0.467 e. The molecule has 0 aromatic carbocycles. The number of carbonyl (C=O) groups is 2. The van der Waals surface area contributed by atoms with Gasteiger partial charge in [-0.2, -0.15) is 0 Å². The number of likely N-dealkylation sites (tertiary alicyclic amines) is 1. The van der Waals surface area contributed by atoms with E-state index in [4.69, 9.17) is 0 Å². The van der Waals surface area contributed by atoms with E-state index in [1.165, 1.54) is 18.1 Å². The van der Waals surface area contributed by atoms with Gasteiger partial charge in [-0.3, -0.25) is 4.79 Å². The summed E-state index contributed by atoms with van der Waals surface area (Å²) in [6, 6.07) is -0.463. The van der Waals surface area contributed by atoms with Crippen molar-refractivity contribution in [3.63, 3.8) is 0 Å². The molecular weight excluding hydrogens is 194 g/mol. The Labute approximate surface area is 89.9 Å². The van der Waals surface area contributed by atoms with Gasteiger partial charge in [0.15, 0.2) is 0 Å². The first-order valence-electron chi connectivity index (χ1n) is 4.92. The first-order chi connectivity index (χ1) is 6.91. The number of ether oxygens (including phenoxy) is 1. The molecule has 84 valence electrons. The summed E-state index contributed by atoms with van der Waals surface area (Å²) < 4.78 is 4.69. The molecule has 0 radical (unpaired) electrons. The van der Waals surface area contributed by atoms with Crippen LogP contribution in [0.25, 0.3) is 0 Å². The zero-order valence-corrected chi connectivity index (χ0v) is 9.45. The van der Waals surface area contributed by atoms with Crippen LogP contribution in [0.15, 0.2) is 12.7 Å². The van der Waals surface area contributed by atoms with Gasteiger partial charge >= 0.3 is 5.97 Å². The summed E-state index contributed by atoms with van der Waals surface area (Å²) in [4.78, 5) is 24.5. The molecular formula is C11H17NO3. The topological polar surface area (TPSA) is 46.6 Å². The van der Waals surface area contributed by atoms with Crippen LogP contribution in [0.3, 0.4) is 0 Å². The lowest BCUT2D eigenvalue weighted by molar-refractivity contribution is -0.149. The lowest BCUT2D eigenvalue weighted by atomic mass is 9.91. The highest BCUT2D eigenvalue weighted by Crippen LogP contribution is 2.34. The van der Waals surface area contributed by atoms with E-state index in [2.05, 4.69) is 11.3 Å². The van der Waals surface area contributed by atoms with E-state index in [1.54, 1.807) is 0 Å². The molecule has 1 atom stereocenters. The van der Waals surface area contributed by atoms with Crippen molar-refractivity contribution in [1.82, 2.24) is 4.90 Å². The highest BCUT2D eigenvalue weighted by molar-refractivity contribution is 5.91. The van der Waals surface area contributed by atoms with Crippen LogP contribution in [0, 0.1) is 5.41 Å². The van der Waals surface area contributed by atoms with E-state index < -0.39 is 6.04 Å².